The molecule has 1 atom stereocenters. The molecular formula is C16H21N5O3. The molecule has 1 unspecified atom stereocenters. The molecule has 0 spiro atoms. The first-order chi connectivity index (χ1) is 11.7. The normalized spacial score (nSPS) is 14.1. The number of hydrogen-bond donors (Lipinski definition) is 3. The predicted octanol–water partition coefficient (Wildman–Crippen LogP) is 2.02. The van der Waals surface area contributed by atoms with Gasteiger partial charge in [0.15, 0.2) is 23.1 Å². The number of nitrogens with one attached hydrogen (secondary N) is 2. The van der Waals surface area contributed by atoms with Crippen LogP contribution in [-0.2, 0) is 4.74 Å². The van der Waals surface area contributed by atoms with Crippen molar-refractivity contribution in [3.8, 4) is 11.5 Å². The summed E-state index contributed by atoms with van der Waals surface area (Å²) >= 11 is 0. The van der Waals surface area contributed by atoms with Crippen molar-refractivity contribution >= 4 is 23.0 Å². The molecule has 3 rings (SSSR count). The first-order valence-corrected chi connectivity index (χ1v) is 7.70. The lowest BCUT2D eigenvalue weighted by Gasteiger charge is -2.20. The lowest BCUT2D eigenvalue weighted by atomic mass is 10.2. The third kappa shape index (κ3) is 3.60. The number of methoxy groups -OCH3 is 1. The highest BCUT2D eigenvalue weighted by Crippen LogP contribution is 2.34. The predicted molar refractivity (Wildman–Crippen MR) is 92.1 cm³/mol. The minimum atomic E-state index is 0.0781. The Hall–Kier alpha value is -2.74. The summed E-state index contributed by atoms with van der Waals surface area (Å²) < 4.78 is 16.2. The number of aromatic nitrogens is 2. The van der Waals surface area contributed by atoms with Crippen molar-refractivity contribution in [3.63, 3.8) is 0 Å². The van der Waals surface area contributed by atoms with Crippen molar-refractivity contribution < 1.29 is 14.2 Å². The average molecular weight is 331 g/mol. The number of nitrogens with two attached hydrogens (primary N) is 1. The van der Waals surface area contributed by atoms with Gasteiger partial charge in [-0.05, 0) is 19.1 Å². The van der Waals surface area contributed by atoms with E-state index in [-0.39, 0.29) is 6.04 Å². The summed E-state index contributed by atoms with van der Waals surface area (Å²) in [7, 11) is 1.65. The van der Waals surface area contributed by atoms with E-state index < -0.39 is 0 Å². The topological polar surface area (TPSA) is 104 Å². The van der Waals surface area contributed by atoms with Crippen LogP contribution < -0.4 is 25.8 Å². The molecule has 0 saturated heterocycles. The zero-order valence-corrected chi connectivity index (χ0v) is 13.7. The maximum Gasteiger partial charge on any atom is 0.163 e. The van der Waals surface area contributed by atoms with Gasteiger partial charge in [-0.25, -0.2) is 9.97 Å². The molecular weight excluding hydrogens is 310 g/mol. The van der Waals surface area contributed by atoms with Gasteiger partial charge in [-0.15, -0.1) is 0 Å². The largest absolute Gasteiger partial charge is 0.486 e. The minimum Gasteiger partial charge on any atom is -0.486 e. The summed E-state index contributed by atoms with van der Waals surface area (Å²) in [5.74, 6) is 2.52. The second-order valence-electron chi connectivity index (χ2n) is 5.47. The van der Waals surface area contributed by atoms with E-state index in [1.165, 1.54) is 6.33 Å². The first-order valence-electron chi connectivity index (χ1n) is 7.70. The van der Waals surface area contributed by atoms with Crippen molar-refractivity contribution in [2.45, 2.75) is 13.0 Å². The van der Waals surface area contributed by atoms with Crippen LogP contribution in [0.15, 0.2) is 24.5 Å². The number of nitrogens with zero attached hydrogens (tertiary/aromatic N) is 2. The van der Waals surface area contributed by atoms with E-state index in [4.69, 9.17) is 19.9 Å². The van der Waals surface area contributed by atoms with E-state index in [0.717, 1.165) is 11.4 Å². The van der Waals surface area contributed by atoms with Gasteiger partial charge in [0.05, 0.1) is 6.61 Å². The fourth-order valence-corrected chi connectivity index (χ4v) is 2.39. The van der Waals surface area contributed by atoms with Crippen molar-refractivity contribution in [2.24, 2.45) is 0 Å². The van der Waals surface area contributed by atoms with Gasteiger partial charge in [-0.1, -0.05) is 0 Å². The Morgan fingerprint density at radius 1 is 1.21 bits per heavy atom. The number of ether oxygens (including phenoxy) is 3. The highest BCUT2D eigenvalue weighted by atomic mass is 16.6. The molecule has 1 aliphatic rings. The molecule has 8 nitrogen and oxygen atoms in total. The molecule has 2 heterocycles. The quantitative estimate of drug-likeness (QED) is 0.738. The third-order valence-corrected chi connectivity index (χ3v) is 3.49. The Morgan fingerprint density at radius 2 is 1.96 bits per heavy atom. The van der Waals surface area contributed by atoms with Crippen LogP contribution in [-0.4, -0.2) is 42.9 Å². The van der Waals surface area contributed by atoms with E-state index in [0.29, 0.717) is 42.9 Å². The van der Waals surface area contributed by atoms with E-state index in [1.807, 2.05) is 25.1 Å². The second kappa shape index (κ2) is 7.22. The van der Waals surface area contributed by atoms with Crippen LogP contribution in [0.1, 0.15) is 6.92 Å². The molecule has 1 aromatic carbocycles. The molecule has 1 aromatic heterocycles. The lowest BCUT2D eigenvalue weighted by molar-refractivity contribution is 0.171. The third-order valence-electron chi connectivity index (χ3n) is 3.49. The van der Waals surface area contributed by atoms with Crippen molar-refractivity contribution in [1.29, 1.82) is 0 Å². The van der Waals surface area contributed by atoms with E-state index in [1.54, 1.807) is 7.11 Å². The van der Waals surface area contributed by atoms with Crippen LogP contribution in [0.2, 0.25) is 0 Å². The van der Waals surface area contributed by atoms with Gasteiger partial charge in [0.2, 0.25) is 0 Å². The fraction of sp³-hybridized carbons (Fsp3) is 0.375. The van der Waals surface area contributed by atoms with Crippen molar-refractivity contribution in [2.75, 3.05) is 43.3 Å². The zero-order valence-electron chi connectivity index (χ0n) is 13.7. The second-order valence-corrected chi connectivity index (χ2v) is 5.47. The van der Waals surface area contributed by atoms with Gasteiger partial charge in [-0.2, -0.15) is 0 Å². The smallest absolute Gasteiger partial charge is 0.163 e. The Balaban J connectivity index is 1.77. The fourth-order valence-electron chi connectivity index (χ4n) is 2.39. The van der Waals surface area contributed by atoms with Crippen LogP contribution in [0.25, 0.3) is 0 Å². The summed E-state index contributed by atoms with van der Waals surface area (Å²) in [4.78, 5) is 8.39. The van der Waals surface area contributed by atoms with E-state index in [9.17, 15) is 0 Å². The van der Waals surface area contributed by atoms with Gasteiger partial charge in [-0.3, -0.25) is 0 Å². The summed E-state index contributed by atoms with van der Waals surface area (Å²) in [6, 6.07) is 5.68. The van der Waals surface area contributed by atoms with Crippen molar-refractivity contribution in [1.82, 2.24) is 9.97 Å². The lowest BCUT2D eigenvalue weighted by Crippen LogP contribution is -2.22. The maximum atomic E-state index is 6.17. The highest BCUT2D eigenvalue weighted by Gasteiger charge is 2.14. The SMILES string of the molecule is COCC(C)Nc1ncnc(Nc2ccc3c(c2)OCCO3)c1N. The minimum absolute atomic E-state index is 0.0781. The molecule has 0 bridgehead atoms. The summed E-state index contributed by atoms with van der Waals surface area (Å²) in [5, 5.41) is 6.39. The Labute approximate surface area is 140 Å². The van der Waals surface area contributed by atoms with Gasteiger partial charge in [0, 0.05) is 24.9 Å². The molecule has 0 radical (unpaired) electrons. The molecule has 4 N–H and O–H groups in total. The Morgan fingerprint density at radius 3 is 2.75 bits per heavy atom. The number of nitrogen functional groups attached to an aromatic ring is 1. The zero-order chi connectivity index (χ0) is 16.9. The molecule has 8 heteroatoms. The summed E-state index contributed by atoms with van der Waals surface area (Å²) in [5.41, 5.74) is 7.41. The number of rotatable bonds is 6. The molecule has 1 aliphatic heterocycles. The molecule has 0 fully saturated rings. The van der Waals surface area contributed by atoms with Crippen LogP contribution in [0.3, 0.4) is 0 Å². The Bertz CT molecular complexity index is 710. The first kappa shape index (κ1) is 16.1. The monoisotopic (exact) mass is 331 g/mol. The summed E-state index contributed by atoms with van der Waals surface area (Å²) in [6.07, 6.45) is 1.46. The number of hydrogen-bond acceptors (Lipinski definition) is 8. The van der Waals surface area contributed by atoms with Crippen LogP contribution in [0.4, 0.5) is 23.0 Å². The van der Waals surface area contributed by atoms with Gasteiger partial charge in [0.1, 0.15) is 25.2 Å². The van der Waals surface area contributed by atoms with Gasteiger partial charge >= 0.3 is 0 Å². The average Bonchev–Trinajstić information content (AvgIpc) is 2.58. The van der Waals surface area contributed by atoms with E-state index in [2.05, 4.69) is 20.6 Å². The highest BCUT2D eigenvalue weighted by molar-refractivity contribution is 5.78. The van der Waals surface area contributed by atoms with Gasteiger partial charge in [0.25, 0.3) is 0 Å². The van der Waals surface area contributed by atoms with Crippen LogP contribution in [0.5, 0.6) is 11.5 Å². The number of benzene rings is 1. The van der Waals surface area contributed by atoms with E-state index >= 15 is 0 Å². The molecule has 0 aliphatic carbocycles. The maximum absolute atomic E-state index is 6.17. The number of anilines is 4. The van der Waals surface area contributed by atoms with Crippen LogP contribution in [0, 0.1) is 0 Å². The molecule has 24 heavy (non-hydrogen) atoms. The molecule has 0 saturated carbocycles. The summed E-state index contributed by atoms with van der Waals surface area (Å²) in [6.45, 7) is 3.64. The molecule has 0 amide bonds. The standard InChI is InChI=1S/C16H21N5O3/c1-10(8-22-2)20-15-14(17)16(19-9-18-15)21-11-3-4-12-13(7-11)24-6-5-23-12/h3-4,7,9-10H,5-6,8,17H2,1-2H3,(H2,18,19,20,21). The molecule has 128 valence electrons. The molecule has 2 aromatic rings. The number of fused-ring (bicyclic) bond motifs is 1. The Kier molecular flexibility index (Phi) is 4.85. The van der Waals surface area contributed by atoms with Crippen LogP contribution >= 0.6 is 0 Å². The van der Waals surface area contributed by atoms with Crippen molar-refractivity contribution in [3.05, 3.63) is 24.5 Å². The van der Waals surface area contributed by atoms with Gasteiger partial charge < -0.3 is 30.6 Å².